The van der Waals surface area contributed by atoms with Crippen molar-refractivity contribution in [3.63, 3.8) is 0 Å². The summed E-state index contributed by atoms with van der Waals surface area (Å²) in [5, 5.41) is 4.11. The second kappa shape index (κ2) is 7.13. The fourth-order valence-corrected chi connectivity index (χ4v) is 6.72. The van der Waals surface area contributed by atoms with E-state index in [4.69, 9.17) is 0 Å². The minimum atomic E-state index is -3.34. The van der Waals surface area contributed by atoms with Crippen LogP contribution in [0.5, 0.6) is 0 Å². The minimum Gasteiger partial charge on any atom is -0.240 e. The zero-order chi connectivity index (χ0) is 20.0. The Hall–Kier alpha value is -2.41. The van der Waals surface area contributed by atoms with Gasteiger partial charge in [-0.2, -0.15) is 0 Å². The Labute approximate surface area is 179 Å². The number of rotatable bonds is 3. The fraction of sp³-hybridized carbons (Fsp3) is 0.0435. The van der Waals surface area contributed by atoms with E-state index in [0.717, 1.165) is 33.2 Å². The lowest BCUT2D eigenvalue weighted by Crippen LogP contribution is -2.50. The first-order valence-electron chi connectivity index (χ1n) is 9.23. The van der Waals surface area contributed by atoms with E-state index in [2.05, 4.69) is 47.2 Å². The highest BCUT2D eigenvalue weighted by Crippen LogP contribution is 2.29. The smallest absolute Gasteiger partial charge is 0.240 e. The maximum Gasteiger partial charge on any atom is 0.356 e. The van der Waals surface area contributed by atoms with Crippen molar-refractivity contribution in [3.8, 4) is 20.9 Å². The Bertz CT molecular complexity index is 1230. The average Bonchev–Trinajstić information content (AvgIpc) is 3.38. The molecule has 2 aromatic heterocycles. The molecule has 0 atom stereocenters. The van der Waals surface area contributed by atoms with Crippen LogP contribution in [0, 0.1) is 0 Å². The van der Waals surface area contributed by atoms with Gasteiger partial charge in [0.25, 0.3) is 0 Å². The predicted octanol–water partition coefficient (Wildman–Crippen LogP) is 4.78. The maximum atomic E-state index is 12.9. The Balaban J connectivity index is 1.70. The van der Waals surface area contributed by atoms with Crippen LogP contribution in [0.4, 0.5) is 0 Å². The van der Waals surface area contributed by atoms with E-state index in [0.29, 0.717) is 0 Å². The summed E-state index contributed by atoms with van der Waals surface area (Å²) in [5.74, 6) is -0.669. The molecule has 3 heterocycles. The molecule has 0 saturated heterocycles. The predicted molar refractivity (Wildman–Crippen MR) is 128 cm³/mol. The molecule has 0 amide bonds. The van der Waals surface area contributed by atoms with E-state index in [-0.39, 0.29) is 0 Å². The van der Waals surface area contributed by atoms with Gasteiger partial charge < -0.3 is 0 Å². The van der Waals surface area contributed by atoms with Crippen LogP contribution >= 0.6 is 22.7 Å². The fourth-order valence-electron chi connectivity index (χ4n) is 3.92. The molecule has 4 aromatic rings. The molecule has 0 unspecified atom stereocenters. The second-order valence-corrected chi connectivity index (χ2v) is 11.2. The molecule has 5 rings (SSSR count). The summed E-state index contributed by atoms with van der Waals surface area (Å²) in [6.07, 6.45) is 5.43. The standard InChI is InChI=1S/C23H17BO2S3/c1-29(25,26)24-20-10-8-18(22-4-2-12-27-22)14-16(20)6-7-17-15-19(9-11-21(17)24)23-5-3-13-28-23/h2-15H,1H3. The summed E-state index contributed by atoms with van der Waals surface area (Å²) in [4.78, 5) is 2.36. The zero-order valence-corrected chi connectivity index (χ0v) is 18.2. The monoisotopic (exact) mass is 432 g/mol. The molecule has 2 aromatic carbocycles. The van der Waals surface area contributed by atoms with Crippen molar-refractivity contribution in [1.82, 2.24) is 0 Å². The van der Waals surface area contributed by atoms with Crippen molar-refractivity contribution in [2.24, 2.45) is 0 Å². The molecular formula is C23H17BO2S3. The van der Waals surface area contributed by atoms with Crippen molar-refractivity contribution in [1.29, 1.82) is 0 Å². The molecule has 0 fully saturated rings. The molecule has 29 heavy (non-hydrogen) atoms. The summed E-state index contributed by atoms with van der Waals surface area (Å²) in [6, 6.07) is 20.4. The first-order valence-corrected chi connectivity index (χ1v) is 12.9. The van der Waals surface area contributed by atoms with Crippen LogP contribution in [0.2, 0.25) is 0 Å². The lowest BCUT2D eigenvalue weighted by atomic mass is 9.59. The van der Waals surface area contributed by atoms with Gasteiger partial charge in [-0.05, 0) is 68.2 Å². The lowest BCUT2D eigenvalue weighted by Gasteiger charge is -2.16. The van der Waals surface area contributed by atoms with Crippen LogP contribution < -0.4 is 10.9 Å². The maximum absolute atomic E-state index is 12.9. The molecule has 2 nitrogen and oxygen atoms in total. The van der Waals surface area contributed by atoms with E-state index in [1.54, 1.807) is 22.7 Å². The molecule has 0 radical (unpaired) electrons. The van der Waals surface area contributed by atoms with Gasteiger partial charge in [-0.1, -0.05) is 48.6 Å². The summed E-state index contributed by atoms with van der Waals surface area (Å²) < 4.78 is 25.7. The van der Waals surface area contributed by atoms with Crippen molar-refractivity contribution in [2.45, 2.75) is 0 Å². The van der Waals surface area contributed by atoms with Gasteiger partial charge in [-0.3, -0.25) is 0 Å². The van der Waals surface area contributed by atoms with Gasteiger partial charge in [0.05, 0.1) is 0 Å². The van der Waals surface area contributed by atoms with Gasteiger partial charge in [-0.15, -0.1) is 22.7 Å². The van der Waals surface area contributed by atoms with E-state index in [1.165, 1.54) is 16.0 Å². The number of hydrogen-bond donors (Lipinski definition) is 0. The molecule has 1 aliphatic rings. The SMILES string of the molecule is CS(=O)(=O)B1c2ccc(-c3cccs3)cc2C=Cc2cc(-c3cccs3)ccc21. The molecule has 142 valence electrons. The molecule has 1 aliphatic heterocycles. The zero-order valence-electron chi connectivity index (χ0n) is 15.7. The van der Waals surface area contributed by atoms with E-state index >= 15 is 0 Å². The number of hydrogen-bond acceptors (Lipinski definition) is 4. The number of fused-ring (bicyclic) bond motifs is 2. The van der Waals surface area contributed by atoms with Crippen LogP contribution in [0.3, 0.4) is 0 Å². The first kappa shape index (κ1) is 18.6. The Kier molecular flexibility index (Phi) is 4.58. The van der Waals surface area contributed by atoms with Gasteiger partial charge in [0, 0.05) is 16.0 Å². The minimum absolute atomic E-state index is 0.669. The summed E-state index contributed by atoms with van der Waals surface area (Å²) in [6.45, 7) is 0. The highest BCUT2D eigenvalue weighted by Gasteiger charge is 2.35. The summed E-state index contributed by atoms with van der Waals surface area (Å²) in [7, 11) is -3.34. The molecule has 0 spiro atoms. The third-order valence-corrected chi connectivity index (χ3v) is 8.42. The Morgan fingerprint density at radius 2 is 1.21 bits per heavy atom. The Morgan fingerprint density at radius 3 is 1.59 bits per heavy atom. The molecule has 0 bridgehead atoms. The topological polar surface area (TPSA) is 34.1 Å². The summed E-state index contributed by atoms with van der Waals surface area (Å²) >= 11 is 3.37. The van der Waals surface area contributed by atoms with Crippen LogP contribution in [-0.2, 0) is 9.69 Å². The van der Waals surface area contributed by atoms with Crippen LogP contribution in [0.1, 0.15) is 11.1 Å². The molecule has 6 heteroatoms. The van der Waals surface area contributed by atoms with Crippen LogP contribution in [0.25, 0.3) is 33.0 Å². The van der Waals surface area contributed by atoms with Crippen molar-refractivity contribution >= 4 is 61.4 Å². The third kappa shape index (κ3) is 3.42. The number of benzene rings is 2. The van der Waals surface area contributed by atoms with Crippen molar-refractivity contribution in [2.75, 3.05) is 6.26 Å². The van der Waals surface area contributed by atoms with Gasteiger partial charge >= 0.3 is 5.99 Å². The first-order chi connectivity index (χ1) is 14.0. The molecule has 0 saturated carbocycles. The third-order valence-electron chi connectivity index (χ3n) is 5.22. The van der Waals surface area contributed by atoms with E-state index < -0.39 is 15.7 Å². The number of thiophene rings is 2. The molecule has 0 aliphatic carbocycles. The quantitative estimate of drug-likeness (QED) is 0.437. The Morgan fingerprint density at radius 1 is 0.724 bits per heavy atom. The van der Waals surface area contributed by atoms with Gasteiger partial charge in [0.2, 0.25) is 0 Å². The van der Waals surface area contributed by atoms with Gasteiger partial charge in [0.15, 0.2) is 0 Å². The van der Waals surface area contributed by atoms with Crippen molar-refractivity contribution in [3.05, 3.63) is 82.6 Å². The lowest BCUT2D eigenvalue weighted by molar-refractivity contribution is 0.614. The molecule has 0 N–H and O–H groups in total. The average molecular weight is 432 g/mol. The largest absolute Gasteiger partial charge is 0.356 e. The van der Waals surface area contributed by atoms with E-state index in [9.17, 15) is 8.42 Å². The normalized spacial score (nSPS) is 13.1. The van der Waals surface area contributed by atoms with E-state index in [1.807, 2.05) is 36.4 Å². The highest BCUT2D eigenvalue weighted by molar-refractivity contribution is 8.20. The second-order valence-electron chi connectivity index (χ2n) is 7.18. The van der Waals surface area contributed by atoms with Crippen LogP contribution in [-0.4, -0.2) is 20.7 Å². The van der Waals surface area contributed by atoms with Crippen LogP contribution in [0.15, 0.2) is 71.4 Å². The van der Waals surface area contributed by atoms with Gasteiger partial charge in [0.1, 0.15) is 9.69 Å². The molecular weight excluding hydrogens is 415 g/mol. The van der Waals surface area contributed by atoms with Gasteiger partial charge in [-0.25, -0.2) is 8.42 Å². The van der Waals surface area contributed by atoms with Crippen molar-refractivity contribution < 1.29 is 8.42 Å². The highest BCUT2D eigenvalue weighted by atomic mass is 32.2. The summed E-state index contributed by atoms with van der Waals surface area (Å²) in [5.41, 5.74) is 5.82.